The topological polar surface area (TPSA) is 97.1 Å². The normalized spacial score (nSPS) is 11.4. The van der Waals surface area contributed by atoms with Crippen molar-refractivity contribution in [2.24, 2.45) is 0 Å². The zero-order valence-electron chi connectivity index (χ0n) is 12.6. The average molecular weight is 295 g/mol. The first-order valence-electron chi connectivity index (χ1n) is 7.05. The molecule has 0 amide bonds. The molecule has 2 aromatic rings. The Morgan fingerprint density at radius 3 is 2.38 bits per heavy atom. The van der Waals surface area contributed by atoms with Gasteiger partial charge in [-0.25, -0.2) is 4.79 Å². The fraction of sp³-hybridized carbons (Fsp3) is 0.615. The second kappa shape index (κ2) is 6.13. The number of aromatic nitrogens is 4. The van der Waals surface area contributed by atoms with E-state index >= 15 is 0 Å². The highest BCUT2D eigenvalue weighted by molar-refractivity contribution is 5.73. The standard InChI is InChI=1S/C13H21N5O3/c1-4-16-9-10(15-12(16)14)18(7-6-8-21-3)13(20)17(5-2)11(9)19/h4-8H2,1-3H3,(H2,14,15). The number of anilines is 1. The summed E-state index contributed by atoms with van der Waals surface area (Å²) >= 11 is 0. The Morgan fingerprint density at radius 2 is 1.81 bits per heavy atom. The fourth-order valence-corrected chi connectivity index (χ4v) is 2.47. The molecule has 8 heteroatoms. The van der Waals surface area contributed by atoms with Gasteiger partial charge in [-0.2, -0.15) is 4.98 Å². The van der Waals surface area contributed by atoms with E-state index in [1.807, 2.05) is 6.92 Å². The van der Waals surface area contributed by atoms with E-state index in [2.05, 4.69) is 4.98 Å². The molecule has 0 spiro atoms. The van der Waals surface area contributed by atoms with Crippen LogP contribution in [0.4, 0.5) is 5.95 Å². The number of ether oxygens (including phenoxy) is 1. The van der Waals surface area contributed by atoms with Gasteiger partial charge in [0.2, 0.25) is 5.95 Å². The minimum absolute atomic E-state index is 0.248. The molecule has 116 valence electrons. The van der Waals surface area contributed by atoms with Gasteiger partial charge in [0, 0.05) is 33.4 Å². The van der Waals surface area contributed by atoms with Crippen molar-refractivity contribution in [1.29, 1.82) is 0 Å². The maximum absolute atomic E-state index is 12.5. The Labute approximate surface area is 121 Å². The summed E-state index contributed by atoms with van der Waals surface area (Å²) < 4.78 is 9.36. The van der Waals surface area contributed by atoms with Crippen LogP contribution in [0, 0.1) is 0 Å². The summed E-state index contributed by atoms with van der Waals surface area (Å²) in [6.45, 7) is 5.45. The van der Waals surface area contributed by atoms with Crippen molar-refractivity contribution >= 4 is 17.1 Å². The van der Waals surface area contributed by atoms with Crippen LogP contribution in [-0.4, -0.2) is 32.4 Å². The number of fused-ring (bicyclic) bond motifs is 1. The average Bonchev–Trinajstić information content (AvgIpc) is 2.79. The lowest BCUT2D eigenvalue weighted by Crippen LogP contribution is -2.40. The summed E-state index contributed by atoms with van der Waals surface area (Å²) in [7, 11) is 1.61. The van der Waals surface area contributed by atoms with E-state index in [0.717, 1.165) is 0 Å². The number of rotatable bonds is 6. The maximum Gasteiger partial charge on any atom is 0.332 e. The molecule has 0 aliphatic carbocycles. The van der Waals surface area contributed by atoms with Gasteiger partial charge in [-0.3, -0.25) is 13.9 Å². The minimum atomic E-state index is -0.355. The fourth-order valence-electron chi connectivity index (χ4n) is 2.47. The van der Waals surface area contributed by atoms with Crippen molar-refractivity contribution in [3.63, 3.8) is 0 Å². The Kier molecular flexibility index (Phi) is 4.46. The number of nitrogen functional groups attached to an aromatic ring is 1. The van der Waals surface area contributed by atoms with Crippen LogP contribution in [0.5, 0.6) is 0 Å². The van der Waals surface area contributed by atoms with Crippen LogP contribution in [0.15, 0.2) is 9.59 Å². The highest BCUT2D eigenvalue weighted by Gasteiger charge is 2.18. The molecule has 0 bridgehead atoms. The van der Waals surface area contributed by atoms with Crippen LogP contribution >= 0.6 is 0 Å². The molecule has 0 saturated heterocycles. The van der Waals surface area contributed by atoms with Gasteiger partial charge in [0.1, 0.15) is 0 Å². The number of nitrogens with two attached hydrogens (primary N) is 1. The number of aryl methyl sites for hydroxylation is 2. The largest absolute Gasteiger partial charge is 0.385 e. The lowest BCUT2D eigenvalue weighted by molar-refractivity contribution is 0.190. The summed E-state index contributed by atoms with van der Waals surface area (Å²) in [6, 6.07) is 0. The smallest absolute Gasteiger partial charge is 0.332 e. The van der Waals surface area contributed by atoms with Crippen molar-refractivity contribution < 1.29 is 4.74 Å². The second-order valence-corrected chi connectivity index (χ2v) is 4.72. The van der Waals surface area contributed by atoms with Gasteiger partial charge in [-0.05, 0) is 20.3 Å². The van der Waals surface area contributed by atoms with E-state index in [1.165, 1.54) is 9.13 Å². The highest BCUT2D eigenvalue weighted by Crippen LogP contribution is 2.13. The van der Waals surface area contributed by atoms with E-state index in [4.69, 9.17) is 10.5 Å². The van der Waals surface area contributed by atoms with Crippen molar-refractivity contribution in [3.05, 3.63) is 20.8 Å². The van der Waals surface area contributed by atoms with Gasteiger partial charge >= 0.3 is 5.69 Å². The summed E-state index contributed by atoms with van der Waals surface area (Å²) in [6.07, 6.45) is 0.659. The molecule has 0 radical (unpaired) electrons. The summed E-state index contributed by atoms with van der Waals surface area (Å²) in [4.78, 5) is 29.1. The molecular formula is C13H21N5O3. The molecule has 8 nitrogen and oxygen atoms in total. The van der Waals surface area contributed by atoms with Gasteiger partial charge < -0.3 is 15.0 Å². The molecule has 2 aromatic heterocycles. The predicted octanol–water partition coefficient (Wildman–Crippen LogP) is 0.0182. The number of methoxy groups -OCH3 is 1. The van der Waals surface area contributed by atoms with Crippen LogP contribution in [0.2, 0.25) is 0 Å². The van der Waals surface area contributed by atoms with Gasteiger partial charge in [-0.15, -0.1) is 0 Å². The predicted molar refractivity (Wildman–Crippen MR) is 80.5 cm³/mol. The first-order chi connectivity index (χ1) is 10.1. The van der Waals surface area contributed by atoms with Crippen LogP contribution in [0.3, 0.4) is 0 Å². The summed E-state index contributed by atoms with van der Waals surface area (Å²) in [5.41, 5.74) is 5.90. The molecule has 2 heterocycles. The molecule has 0 fully saturated rings. The SMILES string of the molecule is CCn1c(=O)c2c(nc(N)n2CC)n(CCCOC)c1=O. The number of hydrogen-bond donors (Lipinski definition) is 1. The van der Waals surface area contributed by atoms with Gasteiger partial charge in [-0.1, -0.05) is 0 Å². The molecule has 0 aliphatic heterocycles. The van der Waals surface area contributed by atoms with Crippen molar-refractivity contribution in [2.75, 3.05) is 19.5 Å². The van der Waals surface area contributed by atoms with Crippen LogP contribution in [0.1, 0.15) is 20.3 Å². The van der Waals surface area contributed by atoms with E-state index in [-0.39, 0.29) is 17.2 Å². The Hall–Kier alpha value is -2.09. The first kappa shape index (κ1) is 15.3. The van der Waals surface area contributed by atoms with E-state index < -0.39 is 0 Å². The Bertz CT molecular complexity index is 756. The molecule has 21 heavy (non-hydrogen) atoms. The van der Waals surface area contributed by atoms with Crippen molar-refractivity contribution in [2.45, 2.75) is 39.9 Å². The molecule has 0 unspecified atom stereocenters. The zero-order chi connectivity index (χ0) is 15.6. The molecule has 2 N–H and O–H groups in total. The Morgan fingerprint density at radius 1 is 1.14 bits per heavy atom. The molecule has 0 aromatic carbocycles. The second-order valence-electron chi connectivity index (χ2n) is 4.72. The quantitative estimate of drug-likeness (QED) is 0.758. The lowest BCUT2D eigenvalue weighted by Gasteiger charge is -2.10. The monoisotopic (exact) mass is 295 g/mol. The zero-order valence-corrected chi connectivity index (χ0v) is 12.6. The third kappa shape index (κ3) is 2.46. The number of imidazole rings is 1. The molecule has 0 atom stereocenters. The molecular weight excluding hydrogens is 274 g/mol. The van der Waals surface area contributed by atoms with E-state index in [1.54, 1.807) is 18.6 Å². The third-order valence-corrected chi connectivity index (χ3v) is 3.51. The number of nitrogens with zero attached hydrogens (tertiary/aromatic N) is 4. The third-order valence-electron chi connectivity index (χ3n) is 3.51. The minimum Gasteiger partial charge on any atom is -0.385 e. The van der Waals surface area contributed by atoms with Crippen LogP contribution in [0.25, 0.3) is 11.2 Å². The molecule has 0 aliphatic rings. The van der Waals surface area contributed by atoms with Crippen LogP contribution in [-0.2, 0) is 24.4 Å². The lowest BCUT2D eigenvalue weighted by atomic mass is 10.4. The first-order valence-corrected chi connectivity index (χ1v) is 7.05. The van der Waals surface area contributed by atoms with E-state index in [9.17, 15) is 9.59 Å². The Balaban J connectivity index is 2.77. The summed E-state index contributed by atoms with van der Waals surface area (Å²) in [5.74, 6) is 0.248. The highest BCUT2D eigenvalue weighted by atomic mass is 16.5. The number of hydrogen-bond acceptors (Lipinski definition) is 5. The van der Waals surface area contributed by atoms with Crippen LogP contribution < -0.4 is 17.0 Å². The molecule has 0 saturated carbocycles. The van der Waals surface area contributed by atoms with Gasteiger partial charge in [0.05, 0.1) is 0 Å². The van der Waals surface area contributed by atoms with Crippen molar-refractivity contribution in [1.82, 2.24) is 18.7 Å². The van der Waals surface area contributed by atoms with E-state index in [0.29, 0.717) is 43.8 Å². The molecule has 2 rings (SSSR count). The van der Waals surface area contributed by atoms with Gasteiger partial charge in [0.25, 0.3) is 5.56 Å². The van der Waals surface area contributed by atoms with Gasteiger partial charge in [0.15, 0.2) is 11.2 Å². The van der Waals surface area contributed by atoms with Crippen molar-refractivity contribution in [3.8, 4) is 0 Å². The summed E-state index contributed by atoms with van der Waals surface area (Å²) in [5, 5.41) is 0. The maximum atomic E-state index is 12.5.